The van der Waals surface area contributed by atoms with Gasteiger partial charge in [-0.05, 0) is 51.1 Å². The standard InChI is InChI=1S/C21H22FN3O5/c1-4-28-16-9-12(10-17(29-5-2)19(16)30-6-3)20(26)25-24-18-14-8-7-13(22)11-15(14)23-21(18)27/h7-11,23,27H,4-6H2,1-3H3. The van der Waals surface area contributed by atoms with Crippen LogP contribution in [0, 0.1) is 5.82 Å². The van der Waals surface area contributed by atoms with Gasteiger partial charge in [-0.3, -0.25) is 4.79 Å². The van der Waals surface area contributed by atoms with Gasteiger partial charge in [0.2, 0.25) is 11.6 Å². The van der Waals surface area contributed by atoms with Gasteiger partial charge in [-0.2, -0.15) is 0 Å². The maximum Gasteiger partial charge on any atom is 0.295 e. The van der Waals surface area contributed by atoms with Gasteiger partial charge in [-0.15, -0.1) is 10.2 Å². The van der Waals surface area contributed by atoms with Gasteiger partial charge in [0.1, 0.15) is 5.82 Å². The van der Waals surface area contributed by atoms with Gasteiger partial charge >= 0.3 is 0 Å². The summed E-state index contributed by atoms with van der Waals surface area (Å²) in [6.07, 6.45) is 0. The minimum atomic E-state index is -0.671. The molecule has 158 valence electrons. The summed E-state index contributed by atoms with van der Waals surface area (Å²) in [7, 11) is 0. The molecule has 0 saturated heterocycles. The third-order valence-corrected chi connectivity index (χ3v) is 4.11. The first-order valence-corrected chi connectivity index (χ1v) is 9.51. The van der Waals surface area contributed by atoms with Crippen molar-refractivity contribution in [1.82, 2.24) is 4.98 Å². The Morgan fingerprint density at radius 1 is 1.03 bits per heavy atom. The third-order valence-electron chi connectivity index (χ3n) is 4.11. The molecular weight excluding hydrogens is 393 g/mol. The number of nitrogens with one attached hydrogen (secondary N) is 1. The lowest BCUT2D eigenvalue weighted by molar-refractivity contribution is 0.0994. The fraction of sp³-hybridized carbons (Fsp3) is 0.286. The lowest BCUT2D eigenvalue weighted by Crippen LogP contribution is -2.05. The summed E-state index contributed by atoms with van der Waals surface area (Å²) in [5, 5.41) is 18.0. The predicted molar refractivity (Wildman–Crippen MR) is 109 cm³/mol. The molecule has 2 N–H and O–H groups in total. The molecule has 3 aromatic rings. The number of ether oxygens (including phenoxy) is 3. The van der Waals surface area contributed by atoms with Crippen molar-refractivity contribution in [1.29, 1.82) is 0 Å². The van der Waals surface area contributed by atoms with Crippen LogP contribution in [0.15, 0.2) is 40.6 Å². The van der Waals surface area contributed by atoms with Gasteiger partial charge in [0.05, 0.1) is 30.9 Å². The van der Waals surface area contributed by atoms with E-state index in [2.05, 4.69) is 15.2 Å². The van der Waals surface area contributed by atoms with Crippen LogP contribution in [0.1, 0.15) is 31.1 Å². The molecular formula is C21H22FN3O5. The first-order chi connectivity index (χ1) is 14.5. The highest BCUT2D eigenvalue weighted by Gasteiger charge is 2.19. The Morgan fingerprint density at radius 3 is 2.27 bits per heavy atom. The second kappa shape index (κ2) is 9.25. The topological polar surface area (TPSA) is 106 Å². The number of H-pyrrole nitrogens is 1. The van der Waals surface area contributed by atoms with E-state index in [9.17, 15) is 14.3 Å². The number of fused-ring (bicyclic) bond motifs is 1. The highest BCUT2D eigenvalue weighted by atomic mass is 19.1. The number of benzene rings is 2. The van der Waals surface area contributed by atoms with Crippen molar-refractivity contribution in [3.8, 4) is 23.1 Å². The number of hydrogen-bond acceptors (Lipinski definition) is 6. The lowest BCUT2D eigenvalue weighted by atomic mass is 10.1. The molecule has 1 amide bonds. The van der Waals surface area contributed by atoms with E-state index < -0.39 is 11.7 Å². The molecule has 0 fully saturated rings. The Balaban J connectivity index is 1.97. The number of hydrogen-bond donors (Lipinski definition) is 2. The van der Waals surface area contributed by atoms with Gasteiger partial charge in [0, 0.05) is 5.39 Å². The number of aromatic nitrogens is 1. The van der Waals surface area contributed by atoms with Crippen LogP contribution in [-0.2, 0) is 0 Å². The zero-order valence-corrected chi connectivity index (χ0v) is 16.9. The number of nitrogens with zero attached hydrogens (tertiary/aromatic N) is 2. The number of carbonyl (C=O) groups excluding carboxylic acids is 1. The largest absolute Gasteiger partial charge is 0.493 e. The Morgan fingerprint density at radius 2 is 1.67 bits per heavy atom. The summed E-state index contributed by atoms with van der Waals surface area (Å²) in [6.45, 7) is 6.58. The molecule has 0 bridgehead atoms. The number of amides is 1. The average molecular weight is 415 g/mol. The van der Waals surface area contributed by atoms with E-state index in [-0.39, 0.29) is 17.1 Å². The molecule has 0 aliphatic carbocycles. The van der Waals surface area contributed by atoms with E-state index >= 15 is 0 Å². The summed E-state index contributed by atoms with van der Waals surface area (Å²) in [5.41, 5.74) is 0.561. The van der Waals surface area contributed by atoms with Gasteiger partial charge in [0.15, 0.2) is 17.2 Å². The Kier molecular flexibility index (Phi) is 6.51. The number of carbonyl (C=O) groups is 1. The van der Waals surface area contributed by atoms with Gasteiger partial charge in [-0.25, -0.2) is 4.39 Å². The molecule has 3 rings (SSSR count). The van der Waals surface area contributed by atoms with Gasteiger partial charge in [-0.1, -0.05) is 0 Å². The fourth-order valence-corrected chi connectivity index (χ4v) is 2.91. The highest BCUT2D eigenvalue weighted by molar-refractivity contribution is 5.97. The van der Waals surface area contributed by atoms with E-state index in [1.54, 1.807) is 0 Å². The van der Waals surface area contributed by atoms with Crippen molar-refractivity contribution in [2.75, 3.05) is 19.8 Å². The van der Waals surface area contributed by atoms with Crippen LogP contribution in [0.5, 0.6) is 23.1 Å². The summed E-state index contributed by atoms with van der Waals surface area (Å²) in [5.74, 6) is -0.334. The Hall–Kier alpha value is -3.62. The molecule has 1 aromatic heterocycles. The molecule has 9 heteroatoms. The van der Waals surface area contributed by atoms with E-state index in [0.29, 0.717) is 48.0 Å². The first-order valence-electron chi connectivity index (χ1n) is 9.51. The minimum Gasteiger partial charge on any atom is -0.493 e. The smallest absolute Gasteiger partial charge is 0.295 e. The molecule has 0 unspecified atom stereocenters. The molecule has 0 atom stereocenters. The van der Waals surface area contributed by atoms with Crippen molar-refractivity contribution in [3.63, 3.8) is 0 Å². The second-order valence-corrected chi connectivity index (χ2v) is 6.12. The van der Waals surface area contributed by atoms with Gasteiger partial charge in [0.25, 0.3) is 5.91 Å². The van der Waals surface area contributed by atoms with Crippen molar-refractivity contribution >= 4 is 22.5 Å². The number of azo groups is 1. The molecule has 8 nitrogen and oxygen atoms in total. The quantitative estimate of drug-likeness (QED) is 0.496. The summed E-state index contributed by atoms with van der Waals surface area (Å²) in [4.78, 5) is 15.3. The maximum atomic E-state index is 13.4. The summed E-state index contributed by atoms with van der Waals surface area (Å²) in [6, 6.07) is 6.89. The summed E-state index contributed by atoms with van der Waals surface area (Å²) < 4.78 is 30.2. The normalized spacial score (nSPS) is 11.2. The second-order valence-electron chi connectivity index (χ2n) is 6.12. The Labute approximate surface area is 172 Å². The summed E-state index contributed by atoms with van der Waals surface area (Å²) >= 11 is 0. The van der Waals surface area contributed by atoms with Crippen LogP contribution in [0.2, 0.25) is 0 Å². The SMILES string of the molecule is CCOc1cc(C(=O)N=Nc2c(O)[nH]c3cc(F)ccc23)cc(OCC)c1OCC. The van der Waals surface area contributed by atoms with Crippen LogP contribution in [0.25, 0.3) is 10.9 Å². The average Bonchev–Trinajstić information content (AvgIpc) is 3.02. The number of rotatable bonds is 8. The molecule has 0 aliphatic heterocycles. The van der Waals surface area contributed by atoms with E-state index in [0.717, 1.165) is 0 Å². The van der Waals surface area contributed by atoms with Crippen LogP contribution in [0.3, 0.4) is 0 Å². The first kappa shape index (κ1) is 21.1. The maximum absolute atomic E-state index is 13.4. The van der Waals surface area contributed by atoms with Crippen LogP contribution >= 0.6 is 0 Å². The van der Waals surface area contributed by atoms with E-state index in [1.807, 2.05) is 20.8 Å². The predicted octanol–water partition coefficient (Wildman–Crippen LogP) is 5.13. The third kappa shape index (κ3) is 4.35. The zero-order valence-electron chi connectivity index (χ0n) is 16.9. The van der Waals surface area contributed by atoms with Crippen molar-refractivity contribution in [3.05, 3.63) is 41.7 Å². The molecule has 0 spiro atoms. The van der Waals surface area contributed by atoms with E-state index in [4.69, 9.17) is 14.2 Å². The Bertz CT molecular complexity index is 1070. The van der Waals surface area contributed by atoms with Crippen molar-refractivity contribution < 1.29 is 28.5 Å². The zero-order chi connectivity index (χ0) is 21.7. The molecule has 2 aromatic carbocycles. The fourth-order valence-electron chi connectivity index (χ4n) is 2.91. The van der Waals surface area contributed by atoms with Crippen molar-refractivity contribution in [2.45, 2.75) is 20.8 Å². The highest BCUT2D eigenvalue weighted by Crippen LogP contribution is 2.40. The lowest BCUT2D eigenvalue weighted by Gasteiger charge is -2.16. The molecule has 0 saturated carbocycles. The number of aromatic amines is 1. The number of halogens is 1. The van der Waals surface area contributed by atoms with E-state index in [1.165, 1.54) is 30.3 Å². The number of aromatic hydroxyl groups is 1. The molecule has 0 aliphatic rings. The molecule has 1 heterocycles. The van der Waals surface area contributed by atoms with Gasteiger partial charge < -0.3 is 24.3 Å². The molecule has 30 heavy (non-hydrogen) atoms. The van der Waals surface area contributed by atoms with Crippen LogP contribution < -0.4 is 14.2 Å². The monoisotopic (exact) mass is 415 g/mol. The minimum absolute atomic E-state index is 0.0411. The van der Waals surface area contributed by atoms with Crippen LogP contribution in [0.4, 0.5) is 10.1 Å². The van der Waals surface area contributed by atoms with Crippen LogP contribution in [-0.4, -0.2) is 35.8 Å². The molecule has 0 radical (unpaired) electrons. The van der Waals surface area contributed by atoms with Crippen molar-refractivity contribution in [2.24, 2.45) is 10.2 Å².